The molecule has 0 bridgehead atoms. The number of amides is 2. The number of hydrogen-bond acceptors (Lipinski definition) is 4. The molecule has 0 fully saturated rings. The number of halogens is 1. The Labute approximate surface area is 187 Å². The molecule has 0 radical (unpaired) electrons. The highest BCUT2D eigenvalue weighted by Gasteiger charge is 2.32. The maximum absolute atomic E-state index is 13.1. The zero-order valence-electron chi connectivity index (χ0n) is 17.8. The van der Waals surface area contributed by atoms with Crippen LogP contribution in [-0.2, 0) is 26.0 Å². The number of hydrogen-bond donors (Lipinski definition) is 2. The molecular formula is C22H26ClN3O4S. The Morgan fingerprint density at radius 1 is 1.13 bits per heavy atom. The first kappa shape index (κ1) is 23.2. The fourth-order valence-corrected chi connectivity index (χ4v) is 5.26. The molecule has 0 aliphatic carbocycles. The van der Waals surface area contributed by atoms with Gasteiger partial charge in [0.25, 0.3) is 0 Å². The summed E-state index contributed by atoms with van der Waals surface area (Å²) in [6.07, 6.45) is 0.572. The molecule has 0 spiro atoms. The third-order valence-corrected chi connectivity index (χ3v) is 6.95. The minimum atomic E-state index is -3.96. The quantitative estimate of drug-likeness (QED) is 0.684. The highest BCUT2D eigenvalue weighted by atomic mass is 35.5. The summed E-state index contributed by atoms with van der Waals surface area (Å²) in [5, 5.41) is 3.26. The first-order valence-electron chi connectivity index (χ1n) is 10.0. The maximum Gasteiger partial charge on any atom is 0.242 e. The van der Waals surface area contributed by atoms with Crippen LogP contribution in [0.5, 0.6) is 0 Å². The van der Waals surface area contributed by atoms with Crippen LogP contribution in [0.1, 0.15) is 33.3 Å². The number of fused-ring (bicyclic) bond motifs is 1. The molecule has 0 aromatic heterocycles. The van der Waals surface area contributed by atoms with Crippen molar-refractivity contribution in [3.05, 3.63) is 53.1 Å². The van der Waals surface area contributed by atoms with Gasteiger partial charge < -0.3 is 10.2 Å². The fraction of sp³-hybridized carbons (Fsp3) is 0.364. The second-order valence-corrected chi connectivity index (χ2v) is 10.2. The van der Waals surface area contributed by atoms with E-state index in [0.717, 1.165) is 11.3 Å². The monoisotopic (exact) mass is 463 g/mol. The lowest BCUT2D eigenvalue weighted by Crippen LogP contribution is -2.47. The van der Waals surface area contributed by atoms with E-state index in [4.69, 9.17) is 11.6 Å². The number of carbonyl (C=O) groups excluding carboxylic acids is 2. The van der Waals surface area contributed by atoms with E-state index in [9.17, 15) is 18.0 Å². The van der Waals surface area contributed by atoms with Crippen molar-refractivity contribution in [1.82, 2.24) is 4.72 Å². The van der Waals surface area contributed by atoms with Gasteiger partial charge in [0.1, 0.15) is 6.04 Å². The molecule has 0 saturated heterocycles. The smallest absolute Gasteiger partial charge is 0.242 e. The molecule has 3 rings (SSSR count). The second kappa shape index (κ2) is 8.98. The molecule has 1 aliphatic rings. The van der Waals surface area contributed by atoms with Crippen molar-refractivity contribution < 1.29 is 18.0 Å². The third-order valence-electron chi connectivity index (χ3n) is 5.26. The summed E-state index contributed by atoms with van der Waals surface area (Å²) in [5.41, 5.74) is 2.03. The number of rotatable bonds is 6. The van der Waals surface area contributed by atoms with Gasteiger partial charge in [-0.15, -0.1) is 0 Å². The number of nitrogens with one attached hydrogen (secondary N) is 2. The maximum atomic E-state index is 13.1. The van der Waals surface area contributed by atoms with Crippen LogP contribution in [0.3, 0.4) is 0 Å². The molecule has 1 aliphatic heterocycles. The molecule has 0 saturated carbocycles. The van der Waals surface area contributed by atoms with Crippen LogP contribution in [0, 0.1) is 5.92 Å². The van der Waals surface area contributed by atoms with Gasteiger partial charge >= 0.3 is 0 Å². The molecule has 2 N–H and O–H groups in total. The molecule has 7 nitrogen and oxygen atoms in total. The van der Waals surface area contributed by atoms with E-state index < -0.39 is 22.0 Å². The van der Waals surface area contributed by atoms with E-state index in [1.807, 2.05) is 6.92 Å². The number of sulfonamides is 1. The van der Waals surface area contributed by atoms with E-state index in [-0.39, 0.29) is 22.8 Å². The summed E-state index contributed by atoms with van der Waals surface area (Å²) in [5.74, 6) is -0.832. The topological polar surface area (TPSA) is 95.6 Å². The van der Waals surface area contributed by atoms with Crippen molar-refractivity contribution >= 4 is 44.8 Å². The van der Waals surface area contributed by atoms with Crippen LogP contribution >= 0.6 is 11.6 Å². The van der Waals surface area contributed by atoms with Crippen molar-refractivity contribution in [1.29, 1.82) is 0 Å². The van der Waals surface area contributed by atoms with Gasteiger partial charge in [-0.2, -0.15) is 4.72 Å². The standard InChI is InChI=1S/C22H26ClN3O4S/c1-13(2)21(22(28)24-18-7-5-17(23)6-8-18)25-31(29,30)19-9-10-20-16(12-19)11-14(3)26(20)15(4)27/h5-10,12-14,21,25H,11H2,1-4H3,(H,24,28)/t14-,21+/m1/s1. The van der Waals surface area contributed by atoms with Gasteiger partial charge in [0, 0.05) is 29.4 Å². The first-order valence-corrected chi connectivity index (χ1v) is 11.9. The van der Waals surface area contributed by atoms with Crippen LogP contribution in [0.2, 0.25) is 5.02 Å². The number of anilines is 2. The van der Waals surface area contributed by atoms with Crippen molar-refractivity contribution in [3.8, 4) is 0 Å². The zero-order valence-corrected chi connectivity index (χ0v) is 19.4. The normalized spacial score (nSPS) is 16.8. The van der Waals surface area contributed by atoms with Gasteiger partial charge in [0.2, 0.25) is 21.8 Å². The predicted octanol–water partition coefficient (Wildman–Crippen LogP) is 3.58. The Bertz CT molecular complexity index is 1100. The number of benzene rings is 2. The summed E-state index contributed by atoms with van der Waals surface area (Å²) < 4.78 is 28.6. The minimum Gasteiger partial charge on any atom is -0.325 e. The van der Waals surface area contributed by atoms with Gasteiger partial charge in [-0.3, -0.25) is 9.59 Å². The van der Waals surface area contributed by atoms with E-state index in [1.165, 1.54) is 13.0 Å². The molecule has 2 amide bonds. The lowest BCUT2D eigenvalue weighted by Gasteiger charge is -2.22. The summed E-state index contributed by atoms with van der Waals surface area (Å²) in [6.45, 7) is 6.95. The molecule has 9 heteroatoms. The Hall–Kier alpha value is -2.42. The minimum absolute atomic E-state index is 0.0352. The first-order chi connectivity index (χ1) is 14.5. The van der Waals surface area contributed by atoms with E-state index in [1.54, 1.807) is 55.1 Å². The van der Waals surface area contributed by atoms with E-state index >= 15 is 0 Å². The average molecular weight is 464 g/mol. The Morgan fingerprint density at radius 2 is 1.77 bits per heavy atom. The average Bonchev–Trinajstić information content (AvgIpc) is 3.02. The lowest BCUT2D eigenvalue weighted by atomic mass is 10.0. The zero-order chi connectivity index (χ0) is 22.9. The summed E-state index contributed by atoms with van der Waals surface area (Å²) in [7, 11) is -3.96. The van der Waals surface area contributed by atoms with Gasteiger partial charge in [-0.05, 0) is 67.3 Å². The van der Waals surface area contributed by atoms with Crippen molar-refractivity contribution in [3.63, 3.8) is 0 Å². The van der Waals surface area contributed by atoms with Crippen molar-refractivity contribution in [2.45, 2.75) is 51.1 Å². The molecule has 2 aromatic rings. The number of nitrogens with zero attached hydrogens (tertiary/aromatic N) is 1. The third kappa shape index (κ3) is 5.08. The lowest BCUT2D eigenvalue weighted by molar-refractivity contribution is -0.118. The molecular weight excluding hydrogens is 438 g/mol. The highest BCUT2D eigenvalue weighted by molar-refractivity contribution is 7.89. The van der Waals surface area contributed by atoms with Crippen LogP contribution in [0.25, 0.3) is 0 Å². The Morgan fingerprint density at radius 3 is 2.35 bits per heavy atom. The predicted molar refractivity (Wildman–Crippen MR) is 122 cm³/mol. The summed E-state index contributed by atoms with van der Waals surface area (Å²) in [6, 6.07) is 10.3. The molecule has 2 aromatic carbocycles. The summed E-state index contributed by atoms with van der Waals surface area (Å²) in [4.78, 5) is 26.4. The molecule has 166 valence electrons. The van der Waals surface area contributed by atoms with Gasteiger partial charge in [0.15, 0.2) is 0 Å². The number of carbonyl (C=O) groups is 2. The van der Waals surface area contributed by atoms with Gasteiger partial charge in [-0.25, -0.2) is 8.42 Å². The molecule has 1 heterocycles. The largest absolute Gasteiger partial charge is 0.325 e. The van der Waals surface area contributed by atoms with Crippen LogP contribution in [0.15, 0.2) is 47.4 Å². The fourth-order valence-electron chi connectivity index (χ4n) is 3.74. The van der Waals surface area contributed by atoms with Crippen molar-refractivity contribution in [2.75, 3.05) is 10.2 Å². The van der Waals surface area contributed by atoms with Gasteiger partial charge in [-0.1, -0.05) is 25.4 Å². The van der Waals surface area contributed by atoms with Crippen LogP contribution in [0.4, 0.5) is 11.4 Å². The van der Waals surface area contributed by atoms with Gasteiger partial charge in [0.05, 0.1) is 4.90 Å². The Kier molecular flexibility index (Phi) is 6.73. The summed E-state index contributed by atoms with van der Waals surface area (Å²) >= 11 is 5.87. The van der Waals surface area contributed by atoms with E-state index in [0.29, 0.717) is 17.1 Å². The highest BCUT2D eigenvalue weighted by Crippen LogP contribution is 2.34. The second-order valence-electron chi connectivity index (χ2n) is 8.07. The van der Waals surface area contributed by atoms with E-state index in [2.05, 4.69) is 10.0 Å². The van der Waals surface area contributed by atoms with Crippen LogP contribution in [-0.4, -0.2) is 32.3 Å². The van der Waals surface area contributed by atoms with Crippen molar-refractivity contribution in [2.24, 2.45) is 5.92 Å². The Balaban J connectivity index is 1.82. The SMILES string of the molecule is CC(=O)N1c2ccc(S(=O)(=O)N[C@H](C(=O)Nc3ccc(Cl)cc3)C(C)C)cc2C[C@H]1C. The molecule has 0 unspecified atom stereocenters. The molecule has 31 heavy (non-hydrogen) atoms. The molecule has 2 atom stereocenters. The van der Waals surface area contributed by atoms with Crippen LogP contribution < -0.4 is 14.9 Å².